The molecule has 1 saturated heterocycles. The zero-order chi connectivity index (χ0) is 17.2. The number of guanidine groups is 1. The molecule has 6 nitrogen and oxygen atoms in total. The molecule has 1 N–H and O–H groups in total. The third kappa shape index (κ3) is 3.54. The summed E-state index contributed by atoms with van der Waals surface area (Å²) in [5.74, 6) is 3.85. The van der Waals surface area contributed by atoms with E-state index in [1.807, 2.05) is 13.1 Å². The minimum atomic E-state index is 0.645. The van der Waals surface area contributed by atoms with Gasteiger partial charge >= 0.3 is 0 Å². The van der Waals surface area contributed by atoms with Crippen LogP contribution in [0, 0.1) is 11.8 Å². The molecule has 2 saturated carbocycles. The number of aliphatic imine (C=N–C) groups is 1. The van der Waals surface area contributed by atoms with Crippen LogP contribution >= 0.6 is 0 Å². The number of piperazine rings is 1. The summed E-state index contributed by atoms with van der Waals surface area (Å²) < 4.78 is 5.36. The van der Waals surface area contributed by atoms with Gasteiger partial charge in [-0.1, -0.05) is 18.5 Å². The Labute approximate surface area is 150 Å². The van der Waals surface area contributed by atoms with Crippen LogP contribution < -0.4 is 5.32 Å². The van der Waals surface area contributed by atoms with Crippen molar-refractivity contribution in [3.63, 3.8) is 0 Å². The maximum Gasteiger partial charge on any atom is 0.194 e. The number of rotatable bonds is 4. The van der Waals surface area contributed by atoms with Gasteiger partial charge in [0.15, 0.2) is 11.7 Å². The maximum absolute atomic E-state index is 5.36. The van der Waals surface area contributed by atoms with E-state index in [1.165, 1.54) is 25.7 Å². The molecule has 2 aliphatic carbocycles. The highest BCUT2D eigenvalue weighted by molar-refractivity contribution is 5.79. The Bertz CT molecular complexity index is 605. The van der Waals surface area contributed by atoms with E-state index in [-0.39, 0.29) is 0 Å². The highest BCUT2D eigenvalue weighted by Gasteiger charge is 2.42. The summed E-state index contributed by atoms with van der Waals surface area (Å²) in [6, 6.07) is 2.88. The highest BCUT2D eigenvalue weighted by Crippen LogP contribution is 2.46. The summed E-state index contributed by atoms with van der Waals surface area (Å²) in [4.78, 5) is 9.59. The number of hydrogen-bond donors (Lipinski definition) is 1. The number of fused-ring (bicyclic) bond motifs is 2. The molecule has 4 rings (SSSR count). The smallest absolute Gasteiger partial charge is 0.194 e. The predicted octanol–water partition coefficient (Wildman–Crippen LogP) is 2.12. The average Bonchev–Trinajstić information content (AvgIpc) is 3.39. The van der Waals surface area contributed by atoms with Crippen LogP contribution in [0.1, 0.15) is 44.1 Å². The van der Waals surface area contributed by atoms with Gasteiger partial charge in [-0.3, -0.25) is 9.89 Å². The van der Waals surface area contributed by atoms with Crippen LogP contribution in [-0.4, -0.2) is 60.2 Å². The molecule has 2 bridgehead atoms. The lowest BCUT2D eigenvalue weighted by Crippen LogP contribution is -2.55. The summed E-state index contributed by atoms with van der Waals surface area (Å²) >= 11 is 0. The fourth-order valence-corrected chi connectivity index (χ4v) is 5.03. The largest absolute Gasteiger partial charge is 0.359 e. The number of hydrogen-bond acceptors (Lipinski definition) is 4. The van der Waals surface area contributed by atoms with Crippen LogP contribution in [0.25, 0.3) is 0 Å². The first-order chi connectivity index (χ1) is 12.3. The zero-order valence-electron chi connectivity index (χ0n) is 15.6. The Balaban J connectivity index is 1.27. The molecule has 3 unspecified atom stereocenters. The Kier molecular flexibility index (Phi) is 4.97. The first-order valence-electron chi connectivity index (χ1n) is 9.91. The summed E-state index contributed by atoms with van der Waals surface area (Å²) in [5, 5.41) is 7.48. The molecular formula is C19H31N5O. The summed E-state index contributed by atoms with van der Waals surface area (Å²) in [6.45, 7) is 7.18. The molecule has 3 atom stereocenters. The van der Waals surface area contributed by atoms with E-state index >= 15 is 0 Å². The zero-order valence-corrected chi connectivity index (χ0v) is 15.6. The lowest BCUT2D eigenvalue weighted by molar-refractivity contribution is 0.0957. The van der Waals surface area contributed by atoms with Crippen LogP contribution in [-0.2, 0) is 13.0 Å². The average molecular weight is 345 g/mol. The number of aryl methyl sites for hydroxylation is 1. The first kappa shape index (κ1) is 16.9. The number of nitrogens with zero attached hydrogens (tertiary/aromatic N) is 4. The summed E-state index contributed by atoms with van der Waals surface area (Å²) in [6.07, 6.45) is 6.80. The van der Waals surface area contributed by atoms with Gasteiger partial charge in [0.25, 0.3) is 0 Å². The van der Waals surface area contributed by atoms with E-state index in [2.05, 4.69) is 32.2 Å². The Hall–Kier alpha value is -1.56. The van der Waals surface area contributed by atoms with Gasteiger partial charge in [-0.25, -0.2) is 0 Å². The van der Waals surface area contributed by atoms with Gasteiger partial charge in [-0.05, 0) is 37.5 Å². The second kappa shape index (κ2) is 7.36. The van der Waals surface area contributed by atoms with Crippen LogP contribution in [0.4, 0.5) is 0 Å². The van der Waals surface area contributed by atoms with E-state index in [0.29, 0.717) is 6.54 Å². The van der Waals surface area contributed by atoms with Crippen molar-refractivity contribution in [3.8, 4) is 0 Å². The quantitative estimate of drug-likeness (QED) is 0.669. The molecule has 138 valence electrons. The van der Waals surface area contributed by atoms with Crippen molar-refractivity contribution >= 4 is 5.96 Å². The minimum Gasteiger partial charge on any atom is -0.359 e. The van der Waals surface area contributed by atoms with Gasteiger partial charge in [-0.2, -0.15) is 0 Å². The third-order valence-electron chi connectivity index (χ3n) is 6.39. The van der Waals surface area contributed by atoms with Gasteiger partial charge in [0.1, 0.15) is 0 Å². The lowest BCUT2D eigenvalue weighted by atomic mass is 9.93. The fraction of sp³-hybridized carbons (Fsp3) is 0.789. The maximum atomic E-state index is 5.36. The van der Waals surface area contributed by atoms with Gasteiger partial charge in [0.2, 0.25) is 0 Å². The second-order valence-corrected chi connectivity index (χ2v) is 7.80. The fourth-order valence-electron chi connectivity index (χ4n) is 5.03. The van der Waals surface area contributed by atoms with E-state index in [0.717, 1.165) is 67.9 Å². The molecule has 3 fully saturated rings. The van der Waals surface area contributed by atoms with Crippen molar-refractivity contribution in [2.75, 3.05) is 33.2 Å². The standard InChI is InChI=1S/C19H31N5O/c1-3-16-12-17(25-22-16)13-21-19(20-2)24-8-6-23(7-9-24)18-11-14-4-5-15(18)10-14/h12,14-15,18H,3-11,13H2,1-2H3,(H,20,21). The number of nitrogens with one attached hydrogen (secondary N) is 1. The van der Waals surface area contributed by atoms with Crippen LogP contribution in [0.5, 0.6) is 0 Å². The minimum absolute atomic E-state index is 0.645. The van der Waals surface area contributed by atoms with Crippen molar-refractivity contribution in [1.82, 2.24) is 20.3 Å². The monoisotopic (exact) mass is 345 g/mol. The molecule has 0 amide bonds. The SMILES string of the molecule is CCc1cc(CNC(=NC)N2CCN(C3CC4CCC3C4)CC2)on1. The van der Waals surface area contributed by atoms with Crippen molar-refractivity contribution in [3.05, 3.63) is 17.5 Å². The molecule has 2 heterocycles. The van der Waals surface area contributed by atoms with Gasteiger partial charge < -0.3 is 14.7 Å². The van der Waals surface area contributed by atoms with Gasteiger partial charge in [0, 0.05) is 45.3 Å². The molecule has 1 aromatic rings. The van der Waals surface area contributed by atoms with Gasteiger partial charge in [0.05, 0.1) is 12.2 Å². The van der Waals surface area contributed by atoms with E-state index < -0.39 is 0 Å². The molecule has 0 radical (unpaired) electrons. The highest BCUT2D eigenvalue weighted by atomic mass is 16.5. The third-order valence-corrected chi connectivity index (χ3v) is 6.39. The molecular weight excluding hydrogens is 314 g/mol. The summed E-state index contributed by atoms with van der Waals surface area (Å²) in [5.41, 5.74) is 1.01. The van der Waals surface area contributed by atoms with Crippen LogP contribution in [0.2, 0.25) is 0 Å². The van der Waals surface area contributed by atoms with E-state index in [9.17, 15) is 0 Å². The molecule has 25 heavy (non-hydrogen) atoms. The van der Waals surface area contributed by atoms with E-state index in [4.69, 9.17) is 4.52 Å². The predicted molar refractivity (Wildman–Crippen MR) is 98.5 cm³/mol. The summed E-state index contributed by atoms with van der Waals surface area (Å²) in [7, 11) is 1.86. The molecule has 0 spiro atoms. The van der Waals surface area contributed by atoms with Crippen molar-refractivity contribution < 1.29 is 4.52 Å². The normalized spacial score (nSPS) is 30.2. The van der Waals surface area contributed by atoms with Crippen molar-refractivity contribution in [1.29, 1.82) is 0 Å². The van der Waals surface area contributed by atoms with Gasteiger partial charge in [-0.15, -0.1) is 0 Å². The van der Waals surface area contributed by atoms with E-state index in [1.54, 1.807) is 0 Å². The molecule has 0 aromatic carbocycles. The Morgan fingerprint density at radius 3 is 2.72 bits per heavy atom. The number of aromatic nitrogens is 1. The molecule has 6 heteroatoms. The topological polar surface area (TPSA) is 56.9 Å². The lowest BCUT2D eigenvalue weighted by Gasteiger charge is -2.41. The van der Waals surface area contributed by atoms with Crippen LogP contribution in [0.15, 0.2) is 15.6 Å². The van der Waals surface area contributed by atoms with Crippen LogP contribution in [0.3, 0.4) is 0 Å². The van der Waals surface area contributed by atoms with Crippen molar-refractivity contribution in [2.45, 2.75) is 51.6 Å². The molecule has 1 aromatic heterocycles. The Morgan fingerprint density at radius 1 is 1.28 bits per heavy atom. The second-order valence-electron chi connectivity index (χ2n) is 7.80. The molecule has 1 aliphatic heterocycles. The van der Waals surface area contributed by atoms with Crippen molar-refractivity contribution in [2.24, 2.45) is 16.8 Å². The first-order valence-corrected chi connectivity index (χ1v) is 9.91. The Morgan fingerprint density at radius 2 is 2.12 bits per heavy atom. The molecule has 3 aliphatic rings.